The summed E-state index contributed by atoms with van der Waals surface area (Å²) in [5, 5.41) is 1.63. The van der Waals surface area contributed by atoms with Crippen LogP contribution in [0.15, 0.2) is 57.9 Å². The van der Waals surface area contributed by atoms with Gasteiger partial charge in [-0.05, 0) is 24.6 Å². The molecule has 0 amide bonds. The zero-order valence-electron chi connectivity index (χ0n) is 13.6. The Morgan fingerprint density at radius 3 is 2.54 bits per heavy atom. The number of fused-ring (bicyclic) bond motifs is 1. The molecule has 3 aromatic rings. The van der Waals surface area contributed by atoms with Crippen molar-refractivity contribution in [3.05, 3.63) is 64.5 Å². The fraction of sp³-hybridized carbons (Fsp3) is 0.158. The van der Waals surface area contributed by atoms with Crippen molar-refractivity contribution in [2.45, 2.75) is 13.3 Å². The van der Waals surface area contributed by atoms with Crippen LogP contribution in [0.25, 0.3) is 22.1 Å². The van der Waals surface area contributed by atoms with Crippen LogP contribution >= 0.6 is 0 Å². The monoisotopic (exact) mass is 380 g/mol. The zero-order chi connectivity index (χ0) is 17.8. The molecule has 0 bridgehead atoms. The van der Waals surface area contributed by atoms with Crippen LogP contribution in [0.2, 0.25) is 0 Å². The summed E-state index contributed by atoms with van der Waals surface area (Å²) in [6.07, 6.45) is 1.75. The summed E-state index contributed by atoms with van der Waals surface area (Å²) in [5.41, 5.74) is 2.39. The van der Waals surface area contributed by atoms with Crippen molar-refractivity contribution >= 4 is 56.2 Å². The van der Waals surface area contributed by atoms with Crippen LogP contribution < -0.4 is 10.2 Å². The molecule has 0 spiro atoms. The standard InChI is InChI=1S/C19H16O5S.Na.H/c1-13-17(23-10-5-11-25(21)22)9-8-15-18(20)16(12-24-19(13)15)14-6-3-2-4-7-14;;/h2-4,6-9,11-12H,5,10H2,1H3;;. The molecule has 0 aliphatic carbocycles. The third-order valence-corrected chi connectivity index (χ3v) is 4.36. The van der Waals surface area contributed by atoms with Gasteiger partial charge in [0.15, 0.2) is 0 Å². The van der Waals surface area contributed by atoms with Crippen LogP contribution in [0, 0.1) is 6.92 Å². The van der Waals surface area contributed by atoms with E-state index in [1.165, 1.54) is 6.26 Å². The van der Waals surface area contributed by atoms with E-state index in [1.54, 1.807) is 19.1 Å². The van der Waals surface area contributed by atoms with Gasteiger partial charge < -0.3 is 9.15 Å². The van der Waals surface area contributed by atoms with E-state index in [0.29, 0.717) is 27.8 Å². The summed E-state index contributed by atoms with van der Waals surface area (Å²) in [5.74, 6) is 0.563. The molecule has 0 N–H and O–H groups in total. The Hall–Kier alpha value is -1.86. The minimum absolute atomic E-state index is 0. The Morgan fingerprint density at radius 2 is 1.85 bits per heavy atom. The van der Waals surface area contributed by atoms with Crippen molar-refractivity contribution in [3.63, 3.8) is 0 Å². The predicted octanol–water partition coefficient (Wildman–Crippen LogP) is 2.57. The van der Waals surface area contributed by atoms with Gasteiger partial charge in [0.05, 0.1) is 17.6 Å². The first-order valence-corrected chi connectivity index (χ1v) is 8.86. The molecule has 0 unspecified atom stereocenters. The number of hydrogen-bond donors (Lipinski definition) is 0. The Morgan fingerprint density at radius 1 is 1.12 bits per heavy atom. The maximum atomic E-state index is 12.8. The molecule has 0 radical (unpaired) electrons. The molecule has 3 rings (SSSR count). The van der Waals surface area contributed by atoms with Gasteiger partial charge in [-0.3, -0.25) is 4.79 Å². The summed E-state index contributed by atoms with van der Waals surface area (Å²) < 4.78 is 32.2. The molecule has 0 saturated heterocycles. The third-order valence-electron chi connectivity index (χ3n) is 3.85. The second-order valence-corrected chi connectivity index (χ2v) is 6.33. The summed E-state index contributed by atoms with van der Waals surface area (Å²) in [6, 6.07) is 12.7. The number of aryl methyl sites for hydroxylation is 1. The van der Waals surface area contributed by atoms with E-state index in [4.69, 9.17) is 9.15 Å². The normalized spacial score (nSPS) is 10.2. The fourth-order valence-corrected chi connectivity index (χ4v) is 2.90. The summed E-state index contributed by atoms with van der Waals surface area (Å²) >= 11 is 0. The fourth-order valence-electron chi connectivity index (χ4n) is 2.61. The summed E-state index contributed by atoms with van der Waals surface area (Å²) in [6.45, 7) is 2.03. The Kier molecular flexibility index (Phi) is 7.23. The molecule has 2 aromatic carbocycles. The number of rotatable bonds is 5. The average Bonchev–Trinajstić information content (AvgIpc) is 2.61. The van der Waals surface area contributed by atoms with E-state index >= 15 is 0 Å². The Bertz CT molecular complexity index is 1090. The van der Waals surface area contributed by atoms with Gasteiger partial charge in [0.1, 0.15) is 17.6 Å². The molecular formula is C19H17NaO5S. The van der Waals surface area contributed by atoms with Crippen molar-refractivity contribution in [2.75, 3.05) is 6.61 Å². The van der Waals surface area contributed by atoms with Gasteiger partial charge in [0.2, 0.25) is 15.7 Å². The van der Waals surface area contributed by atoms with Crippen LogP contribution in [0.1, 0.15) is 12.0 Å². The van der Waals surface area contributed by atoms with E-state index in [0.717, 1.165) is 10.9 Å². The van der Waals surface area contributed by atoms with Crippen molar-refractivity contribution in [1.29, 1.82) is 0 Å². The second-order valence-electron chi connectivity index (χ2n) is 5.47. The number of benzene rings is 2. The molecule has 5 nitrogen and oxygen atoms in total. The molecular weight excluding hydrogens is 363 g/mol. The van der Waals surface area contributed by atoms with Gasteiger partial charge in [-0.2, -0.15) is 8.42 Å². The SMILES string of the molecule is Cc1c(OCCC=S(=O)=O)ccc2c(=O)c(-c3ccccc3)coc12.[NaH]. The van der Waals surface area contributed by atoms with Crippen molar-refractivity contribution in [2.24, 2.45) is 0 Å². The van der Waals surface area contributed by atoms with Crippen molar-refractivity contribution in [1.82, 2.24) is 0 Å². The van der Waals surface area contributed by atoms with Crippen LogP contribution in [-0.2, 0) is 10.3 Å². The molecule has 0 fully saturated rings. The molecule has 130 valence electrons. The van der Waals surface area contributed by atoms with Crippen LogP contribution in [0.5, 0.6) is 5.75 Å². The molecule has 7 heteroatoms. The van der Waals surface area contributed by atoms with Crippen LogP contribution in [-0.4, -0.2) is 49.9 Å². The molecule has 0 saturated carbocycles. The first kappa shape index (κ1) is 20.5. The average molecular weight is 380 g/mol. The molecule has 1 heterocycles. The van der Waals surface area contributed by atoms with Gasteiger partial charge in [-0.15, -0.1) is 0 Å². The third kappa shape index (κ3) is 4.45. The molecule has 0 atom stereocenters. The van der Waals surface area contributed by atoms with Gasteiger partial charge in [-0.25, -0.2) is 0 Å². The van der Waals surface area contributed by atoms with Crippen molar-refractivity contribution in [3.8, 4) is 16.9 Å². The zero-order valence-corrected chi connectivity index (χ0v) is 14.4. The number of ether oxygens (including phenoxy) is 1. The van der Waals surface area contributed by atoms with E-state index < -0.39 is 10.3 Å². The van der Waals surface area contributed by atoms with Crippen molar-refractivity contribution < 1.29 is 17.6 Å². The quantitative estimate of drug-likeness (QED) is 0.386. The van der Waals surface area contributed by atoms with E-state index in [2.05, 4.69) is 0 Å². The summed E-state index contributed by atoms with van der Waals surface area (Å²) in [4.78, 5) is 12.8. The second kappa shape index (κ2) is 9.19. The number of hydrogen-bond acceptors (Lipinski definition) is 5. The Labute approximate surface area is 174 Å². The van der Waals surface area contributed by atoms with E-state index in [-0.39, 0.29) is 48.0 Å². The predicted molar refractivity (Wildman–Crippen MR) is 105 cm³/mol. The molecule has 26 heavy (non-hydrogen) atoms. The topological polar surface area (TPSA) is 73.6 Å². The molecule has 0 aliphatic rings. The first-order valence-electron chi connectivity index (χ1n) is 7.72. The summed E-state index contributed by atoms with van der Waals surface area (Å²) in [7, 11) is -2.19. The van der Waals surface area contributed by atoms with E-state index in [1.807, 2.05) is 30.3 Å². The first-order chi connectivity index (χ1) is 12.1. The van der Waals surface area contributed by atoms with E-state index in [9.17, 15) is 13.2 Å². The minimum atomic E-state index is -2.19. The van der Waals surface area contributed by atoms with Crippen LogP contribution in [0.4, 0.5) is 0 Å². The molecule has 0 aliphatic heterocycles. The van der Waals surface area contributed by atoms with Gasteiger partial charge in [0.25, 0.3) is 0 Å². The van der Waals surface area contributed by atoms with Crippen LogP contribution in [0.3, 0.4) is 0 Å². The van der Waals surface area contributed by atoms with Gasteiger partial charge in [0, 0.05) is 17.4 Å². The molecule has 1 aromatic heterocycles. The Balaban J connectivity index is 0.00000243. The van der Waals surface area contributed by atoms with Gasteiger partial charge in [-0.1, -0.05) is 30.3 Å². The van der Waals surface area contributed by atoms with Gasteiger partial charge >= 0.3 is 29.6 Å². The maximum absolute atomic E-state index is 12.8.